The molecule has 2 N–H and O–H groups in total. The van der Waals surface area contributed by atoms with Gasteiger partial charge in [-0.1, -0.05) is 0 Å². The van der Waals surface area contributed by atoms with E-state index in [-0.39, 0.29) is 0 Å². The van der Waals surface area contributed by atoms with Crippen LogP contribution >= 0.6 is 23.3 Å². The number of nitrogens with zero attached hydrogens (tertiary/aromatic N) is 1. The molecule has 2 rings (SSSR count). The van der Waals surface area contributed by atoms with Gasteiger partial charge >= 0.3 is 5.97 Å². The molecule has 1 aromatic rings. The number of rotatable bonds is 4. The van der Waals surface area contributed by atoms with Crippen LogP contribution in [0, 0.1) is 6.92 Å². The molecule has 1 heterocycles. The number of hydrogen-bond donors (Lipinski definition) is 2. The second-order valence-electron chi connectivity index (χ2n) is 4.63. The van der Waals surface area contributed by atoms with Gasteiger partial charge in [0, 0.05) is 11.3 Å². The first kappa shape index (κ1) is 13.7. The van der Waals surface area contributed by atoms with Gasteiger partial charge in [-0.2, -0.15) is 16.1 Å². The zero-order valence-electron chi connectivity index (χ0n) is 10.6. The van der Waals surface area contributed by atoms with E-state index in [1.807, 2.05) is 11.8 Å². The fourth-order valence-corrected chi connectivity index (χ4v) is 3.96. The maximum atomic E-state index is 11.2. The Bertz CT molecular complexity index is 426. The third-order valence-electron chi connectivity index (χ3n) is 3.42. The average molecular weight is 286 g/mol. The van der Waals surface area contributed by atoms with Crippen LogP contribution in [0.5, 0.6) is 0 Å². The summed E-state index contributed by atoms with van der Waals surface area (Å²) < 4.78 is 4.13. The Kier molecular flexibility index (Phi) is 4.50. The Labute approximate surface area is 115 Å². The van der Waals surface area contributed by atoms with Gasteiger partial charge in [-0.05, 0) is 50.4 Å². The predicted octanol–water partition coefficient (Wildman–Crippen LogP) is 3.24. The van der Waals surface area contributed by atoms with Crippen LogP contribution in [0.1, 0.15) is 41.7 Å². The van der Waals surface area contributed by atoms with E-state index in [0.717, 1.165) is 18.1 Å². The molecule has 4 nitrogen and oxygen atoms in total. The van der Waals surface area contributed by atoms with Gasteiger partial charge in [0.25, 0.3) is 0 Å². The molecule has 100 valence electrons. The minimum absolute atomic E-state index is 0.340. The van der Waals surface area contributed by atoms with Gasteiger partial charge in [-0.15, -0.1) is 0 Å². The van der Waals surface area contributed by atoms with Crippen LogP contribution in [0.3, 0.4) is 0 Å². The van der Waals surface area contributed by atoms with Crippen LogP contribution in [-0.2, 0) is 0 Å². The highest BCUT2D eigenvalue weighted by molar-refractivity contribution is 7.99. The first-order valence-corrected chi connectivity index (χ1v) is 8.16. The molecule has 0 aromatic carbocycles. The molecule has 1 fully saturated rings. The summed E-state index contributed by atoms with van der Waals surface area (Å²) in [6.45, 7) is 1.75. The number of thioether (sulfide) groups is 1. The zero-order valence-corrected chi connectivity index (χ0v) is 12.2. The highest BCUT2D eigenvalue weighted by Crippen LogP contribution is 2.31. The van der Waals surface area contributed by atoms with Gasteiger partial charge in [-0.25, -0.2) is 4.79 Å². The van der Waals surface area contributed by atoms with Gasteiger partial charge in [0.05, 0.1) is 5.69 Å². The number of hydrogen-bond acceptors (Lipinski definition) is 5. The second-order valence-corrected chi connectivity index (χ2v) is 6.54. The number of carboxylic acids is 1. The van der Waals surface area contributed by atoms with Crippen molar-refractivity contribution in [3.8, 4) is 0 Å². The molecule has 1 aliphatic rings. The second kappa shape index (κ2) is 5.93. The molecule has 6 heteroatoms. The van der Waals surface area contributed by atoms with Crippen molar-refractivity contribution in [3.05, 3.63) is 11.3 Å². The fourth-order valence-electron chi connectivity index (χ4n) is 2.35. The van der Waals surface area contributed by atoms with Crippen LogP contribution in [0.4, 0.5) is 5.00 Å². The van der Waals surface area contributed by atoms with Crippen molar-refractivity contribution < 1.29 is 9.90 Å². The third kappa shape index (κ3) is 2.98. The molecular formula is C12H18N2O2S2. The van der Waals surface area contributed by atoms with Gasteiger partial charge in [0.15, 0.2) is 0 Å². The number of carbonyl (C=O) groups is 1. The summed E-state index contributed by atoms with van der Waals surface area (Å²) in [6, 6.07) is 0.395. The smallest absolute Gasteiger partial charge is 0.340 e. The molecule has 1 aromatic heterocycles. The molecule has 18 heavy (non-hydrogen) atoms. The monoisotopic (exact) mass is 286 g/mol. The van der Waals surface area contributed by atoms with Crippen molar-refractivity contribution in [2.75, 3.05) is 11.6 Å². The number of aryl methyl sites for hydroxylation is 1. The molecular weight excluding hydrogens is 268 g/mol. The summed E-state index contributed by atoms with van der Waals surface area (Å²) in [5.74, 6) is -0.887. The summed E-state index contributed by atoms with van der Waals surface area (Å²) in [5, 5.41) is 14.0. The maximum absolute atomic E-state index is 11.2. The predicted molar refractivity (Wildman–Crippen MR) is 77.0 cm³/mol. The number of aromatic nitrogens is 1. The van der Waals surface area contributed by atoms with E-state index in [4.69, 9.17) is 5.11 Å². The molecule has 0 aliphatic heterocycles. The molecule has 0 atom stereocenters. The fraction of sp³-hybridized carbons (Fsp3) is 0.667. The van der Waals surface area contributed by atoms with Crippen molar-refractivity contribution >= 4 is 34.3 Å². The van der Waals surface area contributed by atoms with E-state index < -0.39 is 5.97 Å². The highest BCUT2D eigenvalue weighted by atomic mass is 32.2. The lowest BCUT2D eigenvalue weighted by atomic mass is 9.95. The summed E-state index contributed by atoms with van der Waals surface area (Å²) >= 11 is 3.19. The highest BCUT2D eigenvalue weighted by Gasteiger charge is 2.24. The minimum atomic E-state index is -0.887. The van der Waals surface area contributed by atoms with Gasteiger partial charge in [-0.3, -0.25) is 0 Å². The number of nitrogens with one attached hydrogen (secondary N) is 1. The average Bonchev–Trinajstić information content (AvgIpc) is 2.71. The lowest BCUT2D eigenvalue weighted by molar-refractivity contribution is 0.0697. The Balaban J connectivity index is 2.00. The first-order chi connectivity index (χ1) is 8.61. The maximum Gasteiger partial charge on any atom is 0.340 e. The zero-order chi connectivity index (χ0) is 13.1. The van der Waals surface area contributed by atoms with Crippen molar-refractivity contribution in [2.24, 2.45) is 0 Å². The lowest BCUT2D eigenvalue weighted by Crippen LogP contribution is -2.27. The van der Waals surface area contributed by atoms with E-state index in [1.54, 1.807) is 6.92 Å². The van der Waals surface area contributed by atoms with E-state index in [1.165, 1.54) is 24.4 Å². The number of aromatic carboxylic acids is 1. The van der Waals surface area contributed by atoms with Gasteiger partial charge in [0.1, 0.15) is 10.6 Å². The van der Waals surface area contributed by atoms with Crippen molar-refractivity contribution in [2.45, 2.75) is 43.9 Å². The third-order valence-corrected chi connectivity index (χ3v) is 5.43. The molecule has 1 aliphatic carbocycles. The Morgan fingerprint density at radius 1 is 1.44 bits per heavy atom. The molecule has 1 saturated carbocycles. The van der Waals surface area contributed by atoms with Gasteiger partial charge in [0.2, 0.25) is 0 Å². The summed E-state index contributed by atoms with van der Waals surface area (Å²) in [7, 11) is 0. The van der Waals surface area contributed by atoms with Gasteiger partial charge < -0.3 is 10.4 Å². The van der Waals surface area contributed by atoms with Crippen LogP contribution in [0.25, 0.3) is 0 Å². The van der Waals surface area contributed by atoms with Crippen LogP contribution in [0.2, 0.25) is 0 Å². The topological polar surface area (TPSA) is 62.2 Å². The lowest BCUT2D eigenvalue weighted by Gasteiger charge is -2.28. The summed E-state index contributed by atoms with van der Waals surface area (Å²) in [6.07, 6.45) is 6.80. The number of carboxylic acid groups (broad SMARTS) is 1. The molecule has 0 bridgehead atoms. The van der Waals surface area contributed by atoms with Crippen molar-refractivity contribution in [3.63, 3.8) is 0 Å². The number of anilines is 1. The largest absolute Gasteiger partial charge is 0.478 e. The molecule has 0 unspecified atom stereocenters. The summed E-state index contributed by atoms with van der Waals surface area (Å²) in [5.41, 5.74) is 0.944. The Morgan fingerprint density at radius 3 is 2.67 bits per heavy atom. The van der Waals surface area contributed by atoms with Crippen molar-refractivity contribution in [1.29, 1.82) is 0 Å². The van der Waals surface area contributed by atoms with E-state index in [2.05, 4.69) is 15.9 Å². The minimum Gasteiger partial charge on any atom is -0.478 e. The van der Waals surface area contributed by atoms with Crippen LogP contribution < -0.4 is 5.32 Å². The molecule has 0 saturated heterocycles. The molecule has 0 radical (unpaired) electrons. The first-order valence-electron chi connectivity index (χ1n) is 6.10. The van der Waals surface area contributed by atoms with Crippen molar-refractivity contribution in [1.82, 2.24) is 4.37 Å². The Morgan fingerprint density at radius 2 is 2.11 bits per heavy atom. The quantitative estimate of drug-likeness (QED) is 0.889. The normalized spacial score (nSPS) is 23.9. The van der Waals surface area contributed by atoms with E-state index in [0.29, 0.717) is 22.3 Å². The van der Waals surface area contributed by atoms with Crippen LogP contribution in [-0.4, -0.2) is 33.0 Å². The Hall–Kier alpha value is -0.750. The van der Waals surface area contributed by atoms with E-state index in [9.17, 15) is 4.79 Å². The van der Waals surface area contributed by atoms with E-state index >= 15 is 0 Å². The SMILES string of the molecule is CSC1CCC(Nc2snc(C)c2C(=O)O)CC1. The molecule has 0 spiro atoms. The molecule has 0 amide bonds. The summed E-state index contributed by atoms with van der Waals surface area (Å²) in [4.78, 5) is 11.2. The van der Waals surface area contributed by atoms with Crippen LogP contribution in [0.15, 0.2) is 0 Å². The standard InChI is InChI=1S/C12H18N2O2S2/c1-7-10(12(15)16)11(18-14-7)13-8-3-5-9(17-2)6-4-8/h8-9,13H,3-6H2,1-2H3,(H,15,16).